The first-order valence-corrected chi connectivity index (χ1v) is 3.45. The van der Waals surface area contributed by atoms with Crippen LogP contribution in [0.3, 0.4) is 0 Å². The molecule has 0 spiro atoms. The van der Waals surface area contributed by atoms with Gasteiger partial charge in [-0.1, -0.05) is 18.8 Å². The van der Waals surface area contributed by atoms with Crippen molar-refractivity contribution < 1.29 is 32.7 Å². The second-order valence-electron chi connectivity index (χ2n) is 3.13. The molecule has 49 valence electrons. The van der Waals surface area contributed by atoms with E-state index in [2.05, 4.69) is 6.42 Å². The van der Waals surface area contributed by atoms with Gasteiger partial charge in [-0.25, -0.2) is 0 Å². The van der Waals surface area contributed by atoms with Crippen LogP contribution in [0.1, 0.15) is 19.3 Å². The molecule has 3 unspecified atom stereocenters. The Labute approximate surface area is 81.6 Å². The quantitative estimate of drug-likeness (QED) is 0.577. The first-order valence-electron chi connectivity index (χ1n) is 3.45. The van der Waals surface area contributed by atoms with Crippen LogP contribution in [-0.4, -0.2) is 6.04 Å². The van der Waals surface area contributed by atoms with Crippen LogP contribution in [0.15, 0.2) is 0 Å². The SMILES string of the molecule is NC1CC2[CH-]CC1C2.[Y]. The molecular formula is C7H12NY-. The zero-order valence-electron chi connectivity index (χ0n) is 5.59. The Bertz CT molecular complexity index is 103. The number of rotatable bonds is 0. The third-order valence-corrected chi connectivity index (χ3v) is 2.56. The molecule has 0 aromatic rings. The van der Waals surface area contributed by atoms with E-state index in [1.54, 1.807) is 0 Å². The van der Waals surface area contributed by atoms with Crippen LogP contribution >= 0.6 is 0 Å². The Morgan fingerprint density at radius 1 is 1.33 bits per heavy atom. The Hall–Kier alpha value is 1.06. The van der Waals surface area contributed by atoms with Gasteiger partial charge >= 0.3 is 0 Å². The predicted molar refractivity (Wildman–Crippen MR) is 33.1 cm³/mol. The average Bonchev–Trinajstić information content (AvgIpc) is 2.23. The molecule has 2 bridgehead atoms. The van der Waals surface area contributed by atoms with E-state index in [4.69, 9.17) is 5.73 Å². The summed E-state index contributed by atoms with van der Waals surface area (Å²) in [5.74, 6) is 1.76. The molecule has 9 heavy (non-hydrogen) atoms. The van der Waals surface area contributed by atoms with Crippen LogP contribution in [0.2, 0.25) is 0 Å². The van der Waals surface area contributed by atoms with Gasteiger partial charge in [-0.15, -0.1) is 0 Å². The van der Waals surface area contributed by atoms with Gasteiger partial charge in [0.15, 0.2) is 0 Å². The van der Waals surface area contributed by atoms with Gasteiger partial charge in [0.25, 0.3) is 0 Å². The van der Waals surface area contributed by atoms with E-state index in [1.165, 1.54) is 19.3 Å². The van der Waals surface area contributed by atoms with E-state index in [0.29, 0.717) is 6.04 Å². The van der Waals surface area contributed by atoms with Gasteiger partial charge in [0.2, 0.25) is 0 Å². The summed E-state index contributed by atoms with van der Waals surface area (Å²) in [4.78, 5) is 0. The number of hydrogen-bond acceptors (Lipinski definition) is 1. The van der Waals surface area contributed by atoms with Crippen LogP contribution < -0.4 is 5.73 Å². The minimum Gasteiger partial charge on any atom is -0.328 e. The molecule has 2 aliphatic rings. The first-order chi connectivity index (χ1) is 3.86. The monoisotopic (exact) mass is 199 g/mol. The average molecular weight is 199 g/mol. The maximum atomic E-state index is 5.80. The maximum absolute atomic E-state index is 5.80. The summed E-state index contributed by atoms with van der Waals surface area (Å²) in [7, 11) is 0. The van der Waals surface area contributed by atoms with E-state index in [9.17, 15) is 0 Å². The largest absolute Gasteiger partial charge is 0.328 e. The molecule has 2 saturated carbocycles. The second kappa shape index (κ2) is 2.98. The van der Waals surface area contributed by atoms with Crippen molar-refractivity contribution in [3.8, 4) is 0 Å². The van der Waals surface area contributed by atoms with Crippen molar-refractivity contribution in [1.29, 1.82) is 0 Å². The van der Waals surface area contributed by atoms with Crippen molar-refractivity contribution in [2.24, 2.45) is 17.6 Å². The molecule has 0 amide bonds. The first kappa shape index (κ1) is 8.16. The van der Waals surface area contributed by atoms with Crippen LogP contribution in [0.5, 0.6) is 0 Å². The maximum Gasteiger partial charge on any atom is 0.00201 e. The van der Waals surface area contributed by atoms with E-state index in [1.807, 2.05) is 0 Å². The molecule has 2 N–H and O–H groups in total. The van der Waals surface area contributed by atoms with Crippen molar-refractivity contribution in [2.75, 3.05) is 0 Å². The smallest absolute Gasteiger partial charge is 0.00201 e. The molecule has 0 heterocycles. The minimum atomic E-state index is 0. The summed E-state index contributed by atoms with van der Waals surface area (Å²) < 4.78 is 0. The molecule has 0 aromatic heterocycles. The summed E-state index contributed by atoms with van der Waals surface area (Å²) in [6.07, 6.45) is 6.39. The molecule has 2 heteroatoms. The van der Waals surface area contributed by atoms with E-state index in [-0.39, 0.29) is 32.7 Å². The predicted octanol–water partition coefficient (Wildman–Crippen LogP) is 0.945. The van der Waals surface area contributed by atoms with Crippen LogP contribution in [0, 0.1) is 18.3 Å². The van der Waals surface area contributed by atoms with Crippen molar-refractivity contribution in [2.45, 2.75) is 25.3 Å². The van der Waals surface area contributed by atoms with Crippen molar-refractivity contribution in [1.82, 2.24) is 0 Å². The van der Waals surface area contributed by atoms with Gasteiger partial charge in [0.05, 0.1) is 0 Å². The van der Waals surface area contributed by atoms with Crippen molar-refractivity contribution >= 4 is 0 Å². The van der Waals surface area contributed by atoms with Gasteiger partial charge in [-0.2, -0.15) is 12.3 Å². The van der Waals surface area contributed by atoms with Crippen LogP contribution in [0.25, 0.3) is 0 Å². The number of hydrogen-bond donors (Lipinski definition) is 1. The Morgan fingerprint density at radius 3 is 2.33 bits per heavy atom. The van der Waals surface area contributed by atoms with Gasteiger partial charge in [-0.05, 0) is 0 Å². The molecule has 1 radical (unpaired) electrons. The summed E-state index contributed by atoms with van der Waals surface area (Å²) in [5.41, 5.74) is 5.80. The van der Waals surface area contributed by atoms with Gasteiger partial charge in [0.1, 0.15) is 0 Å². The summed E-state index contributed by atoms with van der Waals surface area (Å²) in [6, 6.07) is 0.546. The molecule has 2 rings (SSSR count). The normalized spacial score (nSPS) is 47.0. The Kier molecular flexibility index (Phi) is 2.70. The van der Waals surface area contributed by atoms with Crippen LogP contribution in [0.4, 0.5) is 0 Å². The topological polar surface area (TPSA) is 26.0 Å². The second-order valence-corrected chi connectivity index (χ2v) is 3.13. The summed E-state index contributed by atoms with van der Waals surface area (Å²) in [5, 5.41) is 0. The van der Waals surface area contributed by atoms with Crippen molar-refractivity contribution in [3.63, 3.8) is 0 Å². The number of nitrogens with two attached hydrogens (primary N) is 1. The fourth-order valence-electron chi connectivity index (χ4n) is 2.03. The van der Waals surface area contributed by atoms with E-state index < -0.39 is 0 Å². The fourth-order valence-corrected chi connectivity index (χ4v) is 2.03. The van der Waals surface area contributed by atoms with Gasteiger partial charge in [0, 0.05) is 38.8 Å². The zero-order chi connectivity index (χ0) is 5.56. The third-order valence-electron chi connectivity index (χ3n) is 2.56. The Balaban J connectivity index is 0.000000405. The molecule has 0 saturated heterocycles. The molecule has 2 aliphatic carbocycles. The minimum absolute atomic E-state index is 0. The third kappa shape index (κ3) is 1.39. The molecular weight excluding hydrogens is 187 g/mol. The summed E-state index contributed by atoms with van der Waals surface area (Å²) in [6.45, 7) is 0. The standard InChI is InChI=1S/C7H12N.Y/c8-7-4-5-1-2-6(7)3-5;/h1,5-7H,2-4,8H2;/q-1;. The molecule has 1 nitrogen and oxygen atoms in total. The zero-order valence-corrected chi connectivity index (χ0v) is 8.42. The molecule has 3 atom stereocenters. The van der Waals surface area contributed by atoms with Crippen LogP contribution in [-0.2, 0) is 32.7 Å². The molecule has 0 aliphatic heterocycles. The Morgan fingerprint density at radius 2 is 2.11 bits per heavy atom. The number of fused-ring (bicyclic) bond motifs is 2. The molecule has 0 aromatic carbocycles. The van der Waals surface area contributed by atoms with E-state index in [0.717, 1.165) is 11.8 Å². The summed E-state index contributed by atoms with van der Waals surface area (Å²) >= 11 is 0. The van der Waals surface area contributed by atoms with Crippen molar-refractivity contribution in [3.05, 3.63) is 6.42 Å². The molecule has 2 fully saturated rings. The van der Waals surface area contributed by atoms with Gasteiger partial charge in [-0.3, -0.25) is 0 Å². The van der Waals surface area contributed by atoms with Gasteiger partial charge < -0.3 is 12.2 Å². The fraction of sp³-hybridized carbons (Fsp3) is 0.857. The van der Waals surface area contributed by atoms with E-state index >= 15 is 0 Å².